The van der Waals surface area contributed by atoms with Crippen molar-refractivity contribution in [2.45, 2.75) is 50.1 Å². The molecule has 4 atom stereocenters. The number of primary amides is 1. The van der Waals surface area contributed by atoms with Crippen LogP contribution in [-0.4, -0.2) is 23.0 Å². The number of benzene rings is 2. The first-order valence-electron chi connectivity index (χ1n) is 11.8. The standard InChI is InChI=1S/C28H25Cl2F2IN4O/c1-26(2,3)12-22-27(14-34,17-9-7-15(29)11-20(17)31)28(24(37-22)25(35)38,21-10-8-16(33)13-36-21)18-5-4-6-19(30)23(18)32/h4-11,13,22,24,37H,12H2,1-3H3,(H2,35,38). The first-order valence-corrected chi connectivity index (χ1v) is 13.6. The Labute approximate surface area is 243 Å². The lowest BCUT2D eigenvalue weighted by atomic mass is 9.52. The van der Waals surface area contributed by atoms with E-state index in [1.54, 1.807) is 12.1 Å². The SMILES string of the molecule is CC(C)(C)CC1NC(C(N)=O)C(c2ccc(I)cn2)(c2cccc(Cl)c2F)C1(C#N)c1ccc(Cl)cc1F. The van der Waals surface area contributed by atoms with E-state index in [1.807, 2.05) is 20.8 Å². The first kappa shape index (κ1) is 28.7. The highest BCUT2D eigenvalue weighted by atomic mass is 127. The lowest BCUT2D eigenvalue weighted by molar-refractivity contribution is -0.120. The molecule has 1 aliphatic rings. The Balaban J connectivity index is 2.29. The Hall–Kier alpha value is -2.32. The summed E-state index contributed by atoms with van der Waals surface area (Å²) in [5, 5.41) is 14.3. The fourth-order valence-electron chi connectivity index (χ4n) is 5.78. The number of nitrogens with one attached hydrogen (secondary N) is 1. The third kappa shape index (κ3) is 4.47. The van der Waals surface area contributed by atoms with Crippen LogP contribution in [0.15, 0.2) is 54.7 Å². The number of rotatable bonds is 5. The summed E-state index contributed by atoms with van der Waals surface area (Å²) in [7, 11) is 0. The molecule has 3 N–H and O–H groups in total. The number of nitrogens with zero attached hydrogens (tertiary/aromatic N) is 2. The Kier molecular flexibility index (Phi) is 7.80. The maximum atomic E-state index is 16.2. The van der Waals surface area contributed by atoms with Crippen molar-refractivity contribution >= 4 is 51.7 Å². The lowest BCUT2D eigenvalue weighted by Gasteiger charge is -2.46. The second-order valence-electron chi connectivity index (χ2n) is 10.6. The van der Waals surface area contributed by atoms with Gasteiger partial charge in [0.15, 0.2) is 0 Å². The van der Waals surface area contributed by atoms with E-state index in [0.29, 0.717) is 6.42 Å². The Bertz CT molecular complexity index is 1440. The summed E-state index contributed by atoms with van der Waals surface area (Å²) in [6, 6.07) is 11.8. The van der Waals surface area contributed by atoms with E-state index in [1.165, 1.54) is 36.5 Å². The van der Waals surface area contributed by atoms with Crippen LogP contribution in [0, 0.1) is 32.0 Å². The maximum Gasteiger partial charge on any atom is 0.235 e. The molecule has 5 nitrogen and oxygen atoms in total. The van der Waals surface area contributed by atoms with Crippen LogP contribution in [0.25, 0.3) is 0 Å². The van der Waals surface area contributed by atoms with Crippen LogP contribution >= 0.6 is 45.8 Å². The second-order valence-corrected chi connectivity index (χ2v) is 12.7. The van der Waals surface area contributed by atoms with Crippen molar-refractivity contribution in [3.05, 3.63) is 96.8 Å². The summed E-state index contributed by atoms with van der Waals surface area (Å²) in [5.41, 5.74) is 1.78. The Morgan fingerprint density at radius 3 is 2.45 bits per heavy atom. The van der Waals surface area contributed by atoms with Gasteiger partial charge < -0.3 is 5.73 Å². The van der Waals surface area contributed by atoms with Crippen LogP contribution in [0.5, 0.6) is 0 Å². The van der Waals surface area contributed by atoms with Crippen molar-refractivity contribution in [1.29, 1.82) is 5.26 Å². The summed E-state index contributed by atoms with van der Waals surface area (Å²) < 4.78 is 32.9. The van der Waals surface area contributed by atoms with Gasteiger partial charge in [-0.1, -0.05) is 62.2 Å². The van der Waals surface area contributed by atoms with E-state index in [0.717, 1.165) is 9.64 Å². The molecule has 1 aliphatic heterocycles. The molecule has 198 valence electrons. The average Bonchev–Trinajstić information content (AvgIpc) is 3.11. The van der Waals surface area contributed by atoms with Crippen LogP contribution < -0.4 is 11.1 Å². The van der Waals surface area contributed by atoms with Gasteiger partial charge in [-0.05, 0) is 64.8 Å². The first-order chi connectivity index (χ1) is 17.8. The van der Waals surface area contributed by atoms with E-state index in [9.17, 15) is 10.1 Å². The molecule has 1 saturated heterocycles. The van der Waals surface area contributed by atoms with Crippen LogP contribution in [-0.2, 0) is 15.6 Å². The number of nitriles is 1. The molecule has 38 heavy (non-hydrogen) atoms. The van der Waals surface area contributed by atoms with Crippen LogP contribution in [0.4, 0.5) is 8.78 Å². The number of pyridine rings is 1. The van der Waals surface area contributed by atoms with E-state index in [2.05, 4.69) is 39.0 Å². The maximum absolute atomic E-state index is 16.2. The molecule has 0 spiro atoms. The largest absolute Gasteiger partial charge is 0.368 e. The van der Waals surface area contributed by atoms with Crippen molar-refractivity contribution in [2.75, 3.05) is 0 Å². The molecule has 1 amide bonds. The minimum Gasteiger partial charge on any atom is -0.368 e. The highest BCUT2D eigenvalue weighted by Gasteiger charge is 2.71. The fourth-order valence-corrected chi connectivity index (χ4v) is 6.43. The van der Waals surface area contributed by atoms with Crippen molar-refractivity contribution in [3.63, 3.8) is 0 Å². The van der Waals surface area contributed by atoms with E-state index < -0.39 is 45.9 Å². The Morgan fingerprint density at radius 1 is 1.18 bits per heavy atom. The normalized spacial score (nSPS) is 25.2. The van der Waals surface area contributed by atoms with E-state index in [-0.39, 0.29) is 26.9 Å². The number of hydrogen-bond donors (Lipinski definition) is 2. The van der Waals surface area contributed by atoms with Crippen molar-refractivity contribution < 1.29 is 13.6 Å². The summed E-state index contributed by atoms with van der Waals surface area (Å²) in [4.78, 5) is 17.9. The van der Waals surface area contributed by atoms with Gasteiger partial charge in [-0.25, -0.2) is 8.78 Å². The topological polar surface area (TPSA) is 91.8 Å². The molecule has 4 rings (SSSR count). The van der Waals surface area contributed by atoms with Gasteiger partial charge in [-0.2, -0.15) is 5.26 Å². The van der Waals surface area contributed by atoms with E-state index >= 15 is 8.78 Å². The summed E-state index contributed by atoms with van der Waals surface area (Å²) in [6.07, 6.45) is 1.84. The number of aromatic nitrogens is 1. The highest BCUT2D eigenvalue weighted by molar-refractivity contribution is 14.1. The molecule has 1 aromatic heterocycles. The van der Waals surface area contributed by atoms with Crippen molar-refractivity contribution in [3.8, 4) is 6.07 Å². The van der Waals surface area contributed by atoms with Gasteiger partial charge >= 0.3 is 0 Å². The van der Waals surface area contributed by atoms with Gasteiger partial charge in [0.2, 0.25) is 5.91 Å². The third-order valence-corrected chi connectivity index (χ3v) is 8.25. The van der Waals surface area contributed by atoms with Gasteiger partial charge in [0, 0.05) is 32.0 Å². The number of carbonyl (C=O) groups excluding carboxylic acids is 1. The summed E-state index contributed by atoms with van der Waals surface area (Å²) in [5.74, 6) is -2.48. The van der Waals surface area contributed by atoms with Gasteiger partial charge in [0.1, 0.15) is 23.1 Å². The number of carbonyl (C=O) groups is 1. The van der Waals surface area contributed by atoms with Crippen LogP contribution in [0.1, 0.15) is 44.0 Å². The number of nitrogens with two attached hydrogens (primary N) is 1. The van der Waals surface area contributed by atoms with Gasteiger partial charge in [-0.15, -0.1) is 0 Å². The summed E-state index contributed by atoms with van der Waals surface area (Å²) in [6.45, 7) is 5.87. The molecule has 0 radical (unpaired) electrons. The predicted molar refractivity (Wildman–Crippen MR) is 152 cm³/mol. The van der Waals surface area contributed by atoms with Gasteiger partial charge in [0.25, 0.3) is 0 Å². The molecule has 2 aromatic carbocycles. The van der Waals surface area contributed by atoms with Crippen LogP contribution in [0.2, 0.25) is 10.0 Å². The minimum atomic E-state index is -1.92. The molecule has 3 aromatic rings. The van der Waals surface area contributed by atoms with Gasteiger partial charge in [-0.3, -0.25) is 15.1 Å². The smallest absolute Gasteiger partial charge is 0.235 e. The zero-order chi connectivity index (χ0) is 28.0. The van der Waals surface area contributed by atoms with E-state index in [4.69, 9.17) is 28.9 Å². The quantitative estimate of drug-likeness (QED) is 0.313. The van der Waals surface area contributed by atoms with Crippen LogP contribution in [0.3, 0.4) is 0 Å². The van der Waals surface area contributed by atoms with Gasteiger partial charge in [0.05, 0.1) is 22.2 Å². The zero-order valence-electron chi connectivity index (χ0n) is 20.8. The molecule has 2 heterocycles. The third-order valence-electron chi connectivity index (χ3n) is 7.09. The molecule has 0 bridgehead atoms. The van der Waals surface area contributed by atoms with Crippen molar-refractivity contribution in [1.82, 2.24) is 10.3 Å². The zero-order valence-corrected chi connectivity index (χ0v) is 24.5. The molecule has 10 heteroatoms. The summed E-state index contributed by atoms with van der Waals surface area (Å²) >= 11 is 14.4. The predicted octanol–water partition coefficient (Wildman–Crippen LogP) is 6.28. The van der Waals surface area contributed by atoms with Crippen molar-refractivity contribution in [2.24, 2.45) is 11.1 Å². The molecule has 1 fully saturated rings. The lowest BCUT2D eigenvalue weighted by Crippen LogP contribution is -2.58. The highest BCUT2D eigenvalue weighted by Crippen LogP contribution is 2.59. The number of halogens is 5. The molecule has 0 saturated carbocycles. The molecular weight excluding hydrogens is 644 g/mol. The Morgan fingerprint density at radius 2 is 1.89 bits per heavy atom. The molecular formula is C28H25Cl2F2IN4O. The number of hydrogen-bond acceptors (Lipinski definition) is 4. The molecule has 4 unspecified atom stereocenters. The monoisotopic (exact) mass is 668 g/mol. The average molecular weight is 669 g/mol. The molecule has 0 aliphatic carbocycles. The second kappa shape index (κ2) is 10.3. The number of amides is 1. The fraction of sp³-hybridized carbons (Fsp3) is 0.321. The minimum absolute atomic E-state index is 0.0605.